The molecule has 0 saturated carbocycles. The summed E-state index contributed by atoms with van der Waals surface area (Å²) in [5.74, 6) is -2.79. The van der Waals surface area contributed by atoms with E-state index >= 15 is 0 Å². The number of nitrogens with one attached hydrogen (secondary N) is 1. The number of benzene rings is 2. The van der Waals surface area contributed by atoms with Gasteiger partial charge in [0, 0.05) is 55.1 Å². The number of hydrogen-bond acceptors (Lipinski definition) is 5. The predicted molar refractivity (Wildman–Crippen MR) is 121 cm³/mol. The summed E-state index contributed by atoms with van der Waals surface area (Å²) in [5, 5.41) is 14.2. The van der Waals surface area contributed by atoms with Crippen molar-refractivity contribution in [1.82, 2.24) is 0 Å². The van der Waals surface area contributed by atoms with Crippen LogP contribution >= 0.6 is 0 Å². The number of amides is 1. The number of allylic oxidation sites excluding steroid dienone is 2. The number of nitrogens with zero attached hydrogens (tertiary/aromatic N) is 2. The molecule has 1 aliphatic heterocycles. The van der Waals surface area contributed by atoms with Gasteiger partial charge in [-0.15, -0.1) is 0 Å². The zero-order chi connectivity index (χ0) is 21.8. The maximum absolute atomic E-state index is 12.6. The van der Waals surface area contributed by atoms with Crippen molar-refractivity contribution in [3.05, 3.63) is 66.2 Å². The number of piperazine rings is 1. The van der Waals surface area contributed by atoms with Crippen LogP contribution in [0.15, 0.2) is 60.7 Å². The molecule has 0 spiro atoms. The number of aryl methyl sites for hydroxylation is 1. The Labute approximate surface area is 183 Å². The first-order valence-corrected chi connectivity index (χ1v) is 10.8. The van der Waals surface area contributed by atoms with E-state index in [0.29, 0.717) is 18.5 Å². The number of aliphatic carboxylic acids is 1. The van der Waals surface area contributed by atoms with E-state index in [2.05, 4.69) is 46.3 Å². The van der Waals surface area contributed by atoms with Gasteiger partial charge in [-0.1, -0.05) is 24.3 Å². The first-order chi connectivity index (χ1) is 15.0. The van der Waals surface area contributed by atoms with Crippen LogP contribution < -0.4 is 20.2 Å². The lowest BCUT2D eigenvalue weighted by Gasteiger charge is -2.37. The number of carbonyl (C=O) groups excluding carboxylic acids is 2. The standard InChI is InChI=1S/C25H29N3O3/c1-18-5-4-6-21(17-18)28-15-13-27(14-16-28)20-11-9-19(10-12-20)26-24(29)22-7-2-3-8-23(22)25(30)31/h2-6,9-12,17,22-23H,7-8,13-16H2,1H3,(H,26,29)(H,30,31)/p-1/t22-,23-/m0/s1. The van der Waals surface area contributed by atoms with Crippen LogP contribution in [0.3, 0.4) is 0 Å². The summed E-state index contributed by atoms with van der Waals surface area (Å²) in [7, 11) is 0. The van der Waals surface area contributed by atoms with Gasteiger partial charge in [-0.05, 0) is 61.7 Å². The fourth-order valence-corrected chi connectivity index (χ4v) is 4.40. The summed E-state index contributed by atoms with van der Waals surface area (Å²) >= 11 is 0. The number of anilines is 3. The van der Waals surface area contributed by atoms with E-state index in [1.165, 1.54) is 11.3 Å². The van der Waals surface area contributed by atoms with Crippen molar-refractivity contribution < 1.29 is 14.7 Å². The van der Waals surface area contributed by atoms with E-state index in [4.69, 9.17) is 0 Å². The lowest BCUT2D eigenvalue weighted by Crippen LogP contribution is -2.46. The van der Waals surface area contributed by atoms with Crippen molar-refractivity contribution in [2.24, 2.45) is 11.8 Å². The van der Waals surface area contributed by atoms with Crippen molar-refractivity contribution in [3.63, 3.8) is 0 Å². The molecule has 1 fully saturated rings. The molecule has 1 amide bonds. The first-order valence-electron chi connectivity index (χ1n) is 10.8. The Morgan fingerprint density at radius 1 is 0.871 bits per heavy atom. The lowest BCUT2D eigenvalue weighted by atomic mass is 9.82. The van der Waals surface area contributed by atoms with Crippen LogP contribution in [0.1, 0.15) is 18.4 Å². The van der Waals surface area contributed by atoms with Crippen molar-refractivity contribution in [2.45, 2.75) is 19.8 Å². The van der Waals surface area contributed by atoms with Crippen molar-refractivity contribution in [1.29, 1.82) is 0 Å². The van der Waals surface area contributed by atoms with E-state index in [1.807, 2.05) is 30.3 Å². The molecular formula is C25H28N3O3-. The van der Waals surface area contributed by atoms with Crippen LogP contribution in [0.2, 0.25) is 0 Å². The first kappa shape index (κ1) is 21.0. The molecule has 2 aliphatic rings. The molecule has 1 aliphatic carbocycles. The van der Waals surface area contributed by atoms with Gasteiger partial charge in [0.1, 0.15) is 0 Å². The van der Waals surface area contributed by atoms with E-state index in [0.717, 1.165) is 31.9 Å². The highest BCUT2D eigenvalue weighted by atomic mass is 16.4. The van der Waals surface area contributed by atoms with Gasteiger partial charge in [-0.25, -0.2) is 0 Å². The van der Waals surface area contributed by atoms with Gasteiger partial charge in [0.15, 0.2) is 0 Å². The zero-order valence-electron chi connectivity index (χ0n) is 17.8. The quantitative estimate of drug-likeness (QED) is 0.756. The smallest absolute Gasteiger partial charge is 0.228 e. The Hall–Kier alpha value is -3.28. The van der Waals surface area contributed by atoms with Gasteiger partial charge in [0.25, 0.3) is 0 Å². The Bertz CT molecular complexity index is 962. The SMILES string of the molecule is Cc1cccc(N2CCN(c3ccc(NC(=O)[C@H]4CC=CC[C@@H]4C(=O)[O-])cc3)CC2)c1. The van der Waals surface area contributed by atoms with Crippen LogP contribution in [-0.2, 0) is 9.59 Å². The third-order valence-corrected chi connectivity index (χ3v) is 6.22. The molecule has 1 saturated heterocycles. The predicted octanol–water partition coefficient (Wildman–Crippen LogP) is 2.59. The molecule has 6 heteroatoms. The van der Waals surface area contributed by atoms with Crippen LogP contribution in [0.25, 0.3) is 0 Å². The topological polar surface area (TPSA) is 75.7 Å². The molecule has 2 aromatic rings. The summed E-state index contributed by atoms with van der Waals surface area (Å²) in [6.07, 6.45) is 4.43. The maximum Gasteiger partial charge on any atom is 0.228 e. The second-order valence-electron chi connectivity index (χ2n) is 8.32. The molecule has 0 bridgehead atoms. The average molecular weight is 419 g/mol. The minimum absolute atomic E-state index is 0.266. The second kappa shape index (κ2) is 9.25. The molecule has 1 heterocycles. The molecular weight excluding hydrogens is 390 g/mol. The maximum atomic E-state index is 12.6. The number of rotatable bonds is 5. The fourth-order valence-electron chi connectivity index (χ4n) is 4.40. The molecule has 0 unspecified atom stereocenters. The van der Waals surface area contributed by atoms with Gasteiger partial charge >= 0.3 is 0 Å². The molecule has 6 nitrogen and oxygen atoms in total. The van der Waals surface area contributed by atoms with Gasteiger partial charge in [0.2, 0.25) is 5.91 Å². The minimum atomic E-state index is -1.16. The average Bonchev–Trinajstić information content (AvgIpc) is 2.79. The van der Waals surface area contributed by atoms with E-state index in [9.17, 15) is 14.7 Å². The molecule has 1 N–H and O–H groups in total. The number of carbonyl (C=O) groups is 2. The van der Waals surface area contributed by atoms with Crippen LogP contribution in [0, 0.1) is 18.8 Å². The molecule has 2 atom stereocenters. The van der Waals surface area contributed by atoms with Crippen LogP contribution in [-0.4, -0.2) is 38.1 Å². The highest BCUT2D eigenvalue weighted by molar-refractivity contribution is 5.95. The number of hydrogen-bond donors (Lipinski definition) is 1. The number of carboxylic acids is 1. The second-order valence-corrected chi connectivity index (χ2v) is 8.32. The third-order valence-electron chi connectivity index (χ3n) is 6.22. The molecule has 0 radical (unpaired) electrons. The highest BCUT2D eigenvalue weighted by Gasteiger charge is 2.29. The molecule has 162 valence electrons. The summed E-state index contributed by atoms with van der Waals surface area (Å²) in [6.45, 7) is 5.90. The largest absolute Gasteiger partial charge is 0.550 e. The van der Waals surface area contributed by atoms with E-state index in [-0.39, 0.29) is 5.91 Å². The molecule has 31 heavy (non-hydrogen) atoms. The number of carboxylic acid groups (broad SMARTS) is 1. The third kappa shape index (κ3) is 4.90. The van der Waals surface area contributed by atoms with Crippen molar-refractivity contribution in [2.75, 3.05) is 41.3 Å². The minimum Gasteiger partial charge on any atom is -0.550 e. The lowest BCUT2D eigenvalue weighted by molar-refractivity contribution is -0.313. The Morgan fingerprint density at radius 2 is 1.48 bits per heavy atom. The highest BCUT2D eigenvalue weighted by Crippen LogP contribution is 2.27. The van der Waals surface area contributed by atoms with Gasteiger partial charge < -0.3 is 25.0 Å². The van der Waals surface area contributed by atoms with E-state index in [1.54, 1.807) is 6.08 Å². The van der Waals surface area contributed by atoms with Gasteiger partial charge in [-0.3, -0.25) is 4.79 Å². The van der Waals surface area contributed by atoms with Gasteiger partial charge in [0.05, 0.1) is 5.92 Å². The van der Waals surface area contributed by atoms with Crippen molar-refractivity contribution >= 4 is 28.9 Å². The summed E-state index contributed by atoms with van der Waals surface area (Å²) < 4.78 is 0. The Balaban J connectivity index is 1.34. The molecule has 4 rings (SSSR count). The van der Waals surface area contributed by atoms with Gasteiger partial charge in [-0.2, -0.15) is 0 Å². The summed E-state index contributed by atoms with van der Waals surface area (Å²) in [5.41, 5.74) is 4.34. The molecule has 0 aromatic heterocycles. The summed E-state index contributed by atoms with van der Waals surface area (Å²) in [6, 6.07) is 16.4. The van der Waals surface area contributed by atoms with Crippen LogP contribution in [0.4, 0.5) is 17.1 Å². The Morgan fingerprint density at radius 3 is 2.10 bits per heavy atom. The fraction of sp³-hybridized carbons (Fsp3) is 0.360. The summed E-state index contributed by atoms with van der Waals surface area (Å²) in [4.78, 5) is 28.7. The Kier molecular flexibility index (Phi) is 6.26. The van der Waals surface area contributed by atoms with Crippen molar-refractivity contribution in [3.8, 4) is 0 Å². The van der Waals surface area contributed by atoms with E-state index < -0.39 is 17.8 Å². The van der Waals surface area contributed by atoms with Crippen LogP contribution in [0.5, 0.6) is 0 Å². The molecule has 2 aromatic carbocycles. The zero-order valence-corrected chi connectivity index (χ0v) is 17.8. The monoisotopic (exact) mass is 418 g/mol. The normalized spacial score (nSPS) is 21.1.